The largest absolute Gasteiger partial charge is 0.415 e. The van der Waals surface area contributed by atoms with Gasteiger partial charge in [-0.2, -0.15) is 5.10 Å². The summed E-state index contributed by atoms with van der Waals surface area (Å²) in [5.41, 5.74) is 0.311. The fraction of sp³-hybridized carbons (Fsp3) is 0. The van der Waals surface area contributed by atoms with Crippen molar-refractivity contribution in [2.45, 2.75) is 0 Å². The first kappa shape index (κ1) is 15.3. The van der Waals surface area contributed by atoms with Crippen molar-refractivity contribution in [2.75, 3.05) is 0 Å². The first-order chi connectivity index (χ1) is 11.5. The Morgan fingerprint density at radius 1 is 1.21 bits per heavy atom. The highest BCUT2D eigenvalue weighted by Crippen LogP contribution is 2.28. The summed E-state index contributed by atoms with van der Waals surface area (Å²) in [5, 5.41) is 14.9. The summed E-state index contributed by atoms with van der Waals surface area (Å²) < 4.78 is 19.7. The number of nitro benzene ring substituents is 1. The minimum absolute atomic E-state index is 0.0809. The van der Waals surface area contributed by atoms with Gasteiger partial charge >= 0.3 is 11.7 Å². The molecule has 24 heavy (non-hydrogen) atoms. The van der Waals surface area contributed by atoms with Crippen LogP contribution >= 0.6 is 0 Å². The second-order valence-electron chi connectivity index (χ2n) is 4.77. The molecule has 0 aliphatic heterocycles. The third-order valence-corrected chi connectivity index (χ3v) is 3.16. The zero-order chi connectivity index (χ0) is 17.1. The third kappa shape index (κ3) is 3.12. The number of carbonyl (C=O) groups excluding carboxylic acids is 1. The van der Waals surface area contributed by atoms with Crippen LogP contribution in [0.2, 0.25) is 0 Å². The quantitative estimate of drug-likeness (QED) is 0.318. The molecule has 0 aliphatic rings. The Hall–Kier alpha value is -3.55. The second kappa shape index (κ2) is 6.29. The number of halogens is 1. The van der Waals surface area contributed by atoms with E-state index in [0.717, 1.165) is 23.9 Å². The molecule has 0 atom stereocenters. The van der Waals surface area contributed by atoms with Crippen LogP contribution in [0.4, 0.5) is 10.1 Å². The SMILES string of the molecule is O=C(Oc1cc(F)ccc1[N+](=O)[O-])c1cnn(-c2ccccc2)c1. The lowest BCUT2D eigenvalue weighted by molar-refractivity contribution is -0.385. The van der Waals surface area contributed by atoms with Gasteiger partial charge in [0, 0.05) is 18.3 Å². The highest BCUT2D eigenvalue weighted by atomic mass is 19.1. The van der Waals surface area contributed by atoms with Crippen molar-refractivity contribution in [3.63, 3.8) is 0 Å². The van der Waals surface area contributed by atoms with Crippen LogP contribution in [0.25, 0.3) is 5.69 Å². The van der Waals surface area contributed by atoms with Crippen LogP contribution in [0.3, 0.4) is 0 Å². The van der Waals surface area contributed by atoms with Crippen molar-refractivity contribution in [3.8, 4) is 11.4 Å². The Morgan fingerprint density at radius 3 is 2.67 bits per heavy atom. The number of nitro groups is 1. The minimum Gasteiger partial charge on any atom is -0.415 e. The predicted molar refractivity (Wildman–Crippen MR) is 81.6 cm³/mol. The molecule has 0 aliphatic carbocycles. The Bertz CT molecular complexity index is 909. The number of para-hydroxylation sites is 1. The molecule has 0 fully saturated rings. The zero-order valence-electron chi connectivity index (χ0n) is 12.1. The van der Waals surface area contributed by atoms with Gasteiger partial charge in [-0.15, -0.1) is 0 Å². The van der Waals surface area contributed by atoms with E-state index in [4.69, 9.17) is 4.74 Å². The summed E-state index contributed by atoms with van der Waals surface area (Å²) in [6.45, 7) is 0. The molecule has 120 valence electrons. The number of aromatic nitrogens is 2. The number of benzene rings is 2. The Morgan fingerprint density at radius 2 is 1.96 bits per heavy atom. The third-order valence-electron chi connectivity index (χ3n) is 3.16. The lowest BCUT2D eigenvalue weighted by atomic mass is 10.3. The minimum atomic E-state index is -0.870. The lowest BCUT2D eigenvalue weighted by Gasteiger charge is -2.03. The highest BCUT2D eigenvalue weighted by molar-refractivity contribution is 5.91. The van der Waals surface area contributed by atoms with Crippen molar-refractivity contribution in [2.24, 2.45) is 0 Å². The van der Waals surface area contributed by atoms with Crippen molar-refractivity contribution in [1.29, 1.82) is 0 Å². The molecule has 3 aromatic rings. The molecule has 0 radical (unpaired) electrons. The fourth-order valence-electron chi connectivity index (χ4n) is 2.03. The lowest BCUT2D eigenvalue weighted by Crippen LogP contribution is -2.09. The van der Waals surface area contributed by atoms with Crippen molar-refractivity contribution >= 4 is 11.7 Å². The molecule has 0 amide bonds. The van der Waals surface area contributed by atoms with Crippen LogP contribution in [-0.2, 0) is 0 Å². The van der Waals surface area contributed by atoms with E-state index in [9.17, 15) is 19.3 Å². The topological polar surface area (TPSA) is 87.3 Å². The molecular formula is C16H10FN3O4. The van der Waals surface area contributed by atoms with Crippen LogP contribution in [-0.4, -0.2) is 20.7 Å². The molecule has 0 saturated heterocycles. The number of esters is 1. The summed E-state index contributed by atoms with van der Waals surface area (Å²) in [7, 11) is 0. The fourth-order valence-corrected chi connectivity index (χ4v) is 2.03. The molecule has 8 heteroatoms. The monoisotopic (exact) mass is 327 g/mol. The first-order valence-corrected chi connectivity index (χ1v) is 6.81. The second-order valence-corrected chi connectivity index (χ2v) is 4.77. The number of rotatable bonds is 4. The number of hydrogen-bond donors (Lipinski definition) is 0. The van der Waals surface area contributed by atoms with Gasteiger partial charge in [-0.1, -0.05) is 18.2 Å². The van der Waals surface area contributed by atoms with Crippen LogP contribution in [0.1, 0.15) is 10.4 Å². The molecule has 1 heterocycles. The van der Waals surface area contributed by atoms with E-state index in [1.807, 2.05) is 18.2 Å². The van der Waals surface area contributed by atoms with Crippen molar-refractivity contribution in [1.82, 2.24) is 9.78 Å². The summed E-state index contributed by atoms with van der Waals surface area (Å²) >= 11 is 0. The van der Waals surface area contributed by atoms with Gasteiger partial charge in [0.2, 0.25) is 5.75 Å². The molecule has 2 aromatic carbocycles. The van der Waals surface area contributed by atoms with Gasteiger partial charge in [0.15, 0.2) is 0 Å². The predicted octanol–water partition coefficient (Wildman–Crippen LogP) is 3.14. The van der Waals surface area contributed by atoms with E-state index in [1.54, 1.807) is 12.1 Å². The van der Waals surface area contributed by atoms with Gasteiger partial charge in [-0.05, 0) is 18.2 Å². The summed E-state index contributed by atoms with van der Waals surface area (Å²) in [4.78, 5) is 22.3. The van der Waals surface area contributed by atoms with E-state index in [2.05, 4.69) is 5.10 Å². The maximum absolute atomic E-state index is 13.3. The average Bonchev–Trinajstić information content (AvgIpc) is 3.05. The van der Waals surface area contributed by atoms with Crippen LogP contribution in [0.5, 0.6) is 5.75 Å². The Kier molecular flexibility index (Phi) is 4.02. The van der Waals surface area contributed by atoms with Crippen molar-refractivity contribution < 1.29 is 18.8 Å². The number of ether oxygens (including phenoxy) is 1. The molecule has 7 nitrogen and oxygen atoms in total. The van der Waals surface area contributed by atoms with Crippen LogP contribution in [0, 0.1) is 15.9 Å². The van der Waals surface area contributed by atoms with Crippen LogP contribution < -0.4 is 4.74 Å². The Balaban J connectivity index is 1.85. The standard InChI is InChI=1S/C16H10FN3O4/c17-12-6-7-14(20(22)23)15(8-12)24-16(21)11-9-18-19(10-11)13-4-2-1-3-5-13/h1-10H. The molecule has 0 spiro atoms. The van der Waals surface area contributed by atoms with E-state index >= 15 is 0 Å². The molecule has 0 N–H and O–H groups in total. The number of nitrogens with zero attached hydrogens (tertiary/aromatic N) is 3. The van der Waals surface area contributed by atoms with E-state index < -0.39 is 28.1 Å². The smallest absolute Gasteiger partial charge is 0.347 e. The zero-order valence-corrected chi connectivity index (χ0v) is 12.1. The average molecular weight is 327 g/mol. The van der Waals surface area contributed by atoms with E-state index in [-0.39, 0.29) is 5.56 Å². The van der Waals surface area contributed by atoms with E-state index in [1.165, 1.54) is 17.1 Å². The number of carbonyl (C=O) groups is 1. The van der Waals surface area contributed by atoms with Gasteiger partial charge in [-0.3, -0.25) is 10.1 Å². The normalized spacial score (nSPS) is 10.4. The molecule has 3 rings (SSSR count). The van der Waals surface area contributed by atoms with Gasteiger partial charge < -0.3 is 4.74 Å². The van der Waals surface area contributed by atoms with Gasteiger partial charge in [-0.25, -0.2) is 13.9 Å². The maximum Gasteiger partial charge on any atom is 0.347 e. The Labute approximate surface area is 135 Å². The van der Waals surface area contributed by atoms with Gasteiger partial charge in [0.25, 0.3) is 0 Å². The molecule has 0 unspecified atom stereocenters. The highest BCUT2D eigenvalue weighted by Gasteiger charge is 2.20. The summed E-state index contributed by atoms with van der Waals surface area (Å²) in [5.74, 6) is -2.08. The summed E-state index contributed by atoms with van der Waals surface area (Å²) in [6.07, 6.45) is 2.68. The van der Waals surface area contributed by atoms with Gasteiger partial charge in [0.1, 0.15) is 5.82 Å². The maximum atomic E-state index is 13.3. The molecule has 0 bridgehead atoms. The van der Waals surface area contributed by atoms with Gasteiger partial charge in [0.05, 0.1) is 22.4 Å². The molecule has 0 saturated carbocycles. The van der Waals surface area contributed by atoms with Crippen molar-refractivity contribution in [3.05, 3.63) is 82.4 Å². The first-order valence-electron chi connectivity index (χ1n) is 6.81. The number of hydrogen-bond acceptors (Lipinski definition) is 5. The summed E-state index contributed by atoms with van der Waals surface area (Å²) in [6, 6.07) is 11.7. The molecule has 1 aromatic heterocycles. The van der Waals surface area contributed by atoms with Crippen LogP contribution in [0.15, 0.2) is 60.9 Å². The van der Waals surface area contributed by atoms with E-state index in [0.29, 0.717) is 0 Å². The molecular weight excluding hydrogens is 317 g/mol.